The third-order valence-electron chi connectivity index (χ3n) is 5.80. The summed E-state index contributed by atoms with van der Waals surface area (Å²) in [5.41, 5.74) is -0.797. The molecule has 4 aliphatic rings. The standard InChI is InChI=1S/C18H28F2O3/c1-3-4-5-23-18-9-13-6-14(10-18)8-17(7-13,11-18)15(21)22-12-16(2,19)20/h13-14H,3-12H2,1-2H3. The van der Waals surface area contributed by atoms with Gasteiger partial charge in [0, 0.05) is 13.5 Å². The number of unbranched alkanes of at least 4 members (excludes halogenated alkanes) is 1. The van der Waals surface area contributed by atoms with E-state index in [2.05, 4.69) is 6.92 Å². The van der Waals surface area contributed by atoms with E-state index in [1.54, 1.807) is 0 Å². The summed E-state index contributed by atoms with van der Waals surface area (Å²) in [5, 5.41) is 0. The van der Waals surface area contributed by atoms with Gasteiger partial charge in [0.15, 0.2) is 6.61 Å². The molecule has 0 saturated heterocycles. The van der Waals surface area contributed by atoms with Gasteiger partial charge in [-0.05, 0) is 56.8 Å². The van der Waals surface area contributed by atoms with Crippen molar-refractivity contribution < 1.29 is 23.0 Å². The number of esters is 1. The zero-order valence-electron chi connectivity index (χ0n) is 14.2. The summed E-state index contributed by atoms with van der Waals surface area (Å²) in [4.78, 5) is 12.6. The van der Waals surface area contributed by atoms with Crippen molar-refractivity contribution in [2.45, 2.75) is 76.7 Å². The van der Waals surface area contributed by atoms with E-state index in [0.29, 0.717) is 18.3 Å². The van der Waals surface area contributed by atoms with Crippen LogP contribution in [0.5, 0.6) is 0 Å². The predicted molar refractivity (Wildman–Crippen MR) is 82.3 cm³/mol. The van der Waals surface area contributed by atoms with Gasteiger partial charge in [-0.1, -0.05) is 13.3 Å². The molecule has 0 N–H and O–H groups in total. The Hall–Kier alpha value is -0.710. The monoisotopic (exact) mass is 330 g/mol. The second kappa shape index (κ2) is 5.98. The minimum Gasteiger partial charge on any atom is -0.459 e. The highest BCUT2D eigenvalue weighted by Gasteiger charge is 2.62. The average Bonchev–Trinajstić information content (AvgIpc) is 2.42. The lowest BCUT2D eigenvalue weighted by atomic mass is 9.48. The Kier molecular flexibility index (Phi) is 4.45. The molecule has 0 spiro atoms. The van der Waals surface area contributed by atoms with Gasteiger partial charge in [-0.2, -0.15) is 0 Å². The van der Waals surface area contributed by atoms with E-state index in [1.807, 2.05) is 0 Å². The summed E-state index contributed by atoms with van der Waals surface area (Å²) in [6, 6.07) is 0. The second-order valence-electron chi connectivity index (χ2n) is 8.27. The molecule has 0 aromatic carbocycles. The van der Waals surface area contributed by atoms with Crippen molar-refractivity contribution >= 4 is 5.97 Å². The first kappa shape index (κ1) is 17.1. The number of rotatable bonds is 7. The van der Waals surface area contributed by atoms with Crippen molar-refractivity contribution in [1.29, 1.82) is 0 Å². The molecule has 0 aromatic rings. The van der Waals surface area contributed by atoms with Crippen LogP contribution < -0.4 is 0 Å². The third-order valence-corrected chi connectivity index (χ3v) is 5.80. The number of carbonyl (C=O) groups is 1. The van der Waals surface area contributed by atoms with Crippen LogP contribution in [0.4, 0.5) is 8.78 Å². The first-order valence-corrected chi connectivity index (χ1v) is 8.95. The van der Waals surface area contributed by atoms with Crippen molar-refractivity contribution in [3.63, 3.8) is 0 Å². The highest BCUT2D eigenvalue weighted by molar-refractivity contribution is 5.77. The first-order valence-electron chi connectivity index (χ1n) is 8.95. The average molecular weight is 330 g/mol. The minimum absolute atomic E-state index is 0.215. The topological polar surface area (TPSA) is 35.5 Å². The van der Waals surface area contributed by atoms with Crippen LogP contribution in [-0.4, -0.2) is 30.7 Å². The summed E-state index contributed by atoms with van der Waals surface area (Å²) in [6.45, 7) is 2.84. The third kappa shape index (κ3) is 3.54. The molecule has 0 heterocycles. The van der Waals surface area contributed by atoms with Crippen molar-refractivity contribution in [1.82, 2.24) is 0 Å². The molecule has 3 nitrogen and oxygen atoms in total. The number of alkyl halides is 2. The van der Waals surface area contributed by atoms with E-state index >= 15 is 0 Å². The predicted octanol–water partition coefficient (Wildman–Crippen LogP) is 4.34. The molecule has 5 heteroatoms. The molecule has 2 unspecified atom stereocenters. The van der Waals surface area contributed by atoms with E-state index in [9.17, 15) is 13.6 Å². The SMILES string of the molecule is CCCCOC12CC3CC(C1)CC(C(=O)OCC(C)(F)F)(C3)C2. The summed E-state index contributed by atoms with van der Waals surface area (Å²) in [5.74, 6) is -2.43. The van der Waals surface area contributed by atoms with Gasteiger partial charge in [0.25, 0.3) is 5.92 Å². The lowest BCUT2D eigenvalue weighted by Crippen LogP contribution is -2.59. The maximum Gasteiger partial charge on any atom is 0.312 e. The van der Waals surface area contributed by atoms with Gasteiger partial charge in [-0.3, -0.25) is 4.79 Å². The van der Waals surface area contributed by atoms with Crippen LogP contribution in [0.15, 0.2) is 0 Å². The lowest BCUT2D eigenvalue weighted by molar-refractivity contribution is -0.214. The maximum absolute atomic E-state index is 13.0. The highest BCUT2D eigenvalue weighted by Crippen LogP contribution is 2.63. The Balaban J connectivity index is 1.71. The zero-order valence-corrected chi connectivity index (χ0v) is 14.2. The molecule has 4 rings (SSSR count). The smallest absolute Gasteiger partial charge is 0.312 e. The largest absolute Gasteiger partial charge is 0.459 e. The lowest BCUT2D eigenvalue weighted by Gasteiger charge is -2.60. The van der Waals surface area contributed by atoms with Gasteiger partial charge in [-0.25, -0.2) is 8.78 Å². The van der Waals surface area contributed by atoms with Crippen molar-refractivity contribution in [2.24, 2.45) is 17.3 Å². The maximum atomic E-state index is 13.0. The molecular weight excluding hydrogens is 302 g/mol. The van der Waals surface area contributed by atoms with Crippen LogP contribution >= 0.6 is 0 Å². The Morgan fingerprint density at radius 3 is 2.43 bits per heavy atom. The summed E-state index contributed by atoms with van der Waals surface area (Å²) in [6.07, 6.45) is 7.53. The van der Waals surface area contributed by atoms with Crippen molar-refractivity contribution in [2.75, 3.05) is 13.2 Å². The van der Waals surface area contributed by atoms with E-state index < -0.39 is 23.9 Å². The molecule has 4 saturated carbocycles. The summed E-state index contributed by atoms with van der Waals surface area (Å²) >= 11 is 0. The van der Waals surface area contributed by atoms with Gasteiger partial charge in [0.2, 0.25) is 0 Å². The molecule has 132 valence electrons. The van der Waals surface area contributed by atoms with Crippen molar-refractivity contribution in [3.8, 4) is 0 Å². The molecule has 4 fully saturated rings. The van der Waals surface area contributed by atoms with Crippen LogP contribution in [0.1, 0.15) is 65.2 Å². The number of halogens is 2. The van der Waals surface area contributed by atoms with E-state index in [0.717, 1.165) is 58.5 Å². The molecule has 2 atom stereocenters. The fourth-order valence-electron chi connectivity index (χ4n) is 5.36. The number of hydrogen-bond donors (Lipinski definition) is 0. The molecule has 4 bridgehead atoms. The molecular formula is C18H28F2O3. The molecule has 0 aliphatic heterocycles. The highest BCUT2D eigenvalue weighted by atomic mass is 19.3. The quantitative estimate of drug-likeness (QED) is 0.514. The van der Waals surface area contributed by atoms with E-state index in [-0.39, 0.29) is 5.60 Å². The van der Waals surface area contributed by atoms with Crippen LogP contribution in [0.2, 0.25) is 0 Å². The Bertz CT molecular complexity index is 444. The molecule has 4 aliphatic carbocycles. The molecule has 0 radical (unpaired) electrons. The van der Waals surface area contributed by atoms with Crippen LogP contribution in [-0.2, 0) is 14.3 Å². The van der Waals surface area contributed by atoms with Gasteiger partial charge < -0.3 is 9.47 Å². The zero-order chi connectivity index (χ0) is 16.7. The van der Waals surface area contributed by atoms with Crippen LogP contribution in [0.25, 0.3) is 0 Å². The second-order valence-corrected chi connectivity index (χ2v) is 8.27. The van der Waals surface area contributed by atoms with Gasteiger partial charge in [-0.15, -0.1) is 0 Å². The molecule has 23 heavy (non-hydrogen) atoms. The van der Waals surface area contributed by atoms with Gasteiger partial charge in [0.1, 0.15) is 0 Å². The Labute approximate surface area is 137 Å². The Morgan fingerprint density at radius 2 is 1.87 bits per heavy atom. The summed E-state index contributed by atoms with van der Waals surface area (Å²) < 4.78 is 37.3. The number of hydrogen-bond acceptors (Lipinski definition) is 3. The first-order chi connectivity index (χ1) is 10.8. The minimum atomic E-state index is -2.97. The van der Waals surface area contributed by atoms with E-state index in [4.69, 9.17) is 9.47 Å². The fourth-order valence-corrected chi connectivity index (χ4v) is 5.36. The number of carbonyl (C=O) groups excluding carboxylic acids is 1. The summed E-state index contributed by atoms with van der Waals surface area (Å²) in [7, 11) is 0. The molecule has 0 aromatic heterocycles. The van der Waals surface area contributed by atoms with Crippen molar-refractivity contribution in [3.05, 3.63) is 0 Å². The number of ether oxygens (including phenoxy) is 2. The van der Waals surface area contributed by atoms with E-state index in [1.165, 1.54) is 0 Å². The fraction of sp³-hybridized carbons (Fsp3) is 0.944. The normalized spacial score (nSPS) is 38.8. The van der Waals surface area contributed by atoms with Crippen LogP contribution in [0, 0.1) is 17.3 Å². The molecule has 0 amide bonds. The van der Waals surface area contributed by atoms with Gasteiger partial charge >= 0.3 is 5.97 Å². The van der Waals surface area contributed by atoms with Gasteiger partial charge in [0.05, 0.1) is 11.0 Å². The Morgan fingerprint density at radius 1 is 1.22 bits per heavy atom. The van der Waals surface area contributed by atoms with Crippen LogP contribution in [0.3, 0.4) is 0 Å².